The van der Waals surface area contributed by atoms with Crippen LogP contribution in [0.1, 0.15) is 13.3 Å². The van der Waals surface area contributed by atoms with E-state index in [1.807, 2.05) is 0 Å². The molecule has 0 rings (SSSR count). The summed E-state index contributed by atoms with van der Waals surface area (Å²) >= 11 is 0. The molecule has 0 aliphatic heterocycles. The number of carboxylic acids is 1. The highest BCUT2D eigenvalue weighted by Crippen LogP contribution is 2.00. The van der Waals surface area contributed by atoms with Gasteiger partial charge in [-0.15, -0.1) is 0 Å². The van der Waals surface area contributed by atoms with Gasteiger partial charge in [-0.3, -0.25) is 0 Å². The average Bonchev–Trinajstić information content (AvgIpc) is 1.98. The topological polar surface area (TPSA) is 95.6 Å². The molecular weight excluding hydrogens is 160 g/mol. The van der Waals surface area contributed by atoms with Crippen LogP contribution in [0, 0.1) is 0 Å². The van der Waals surface area contributed by atoms with E-state index in [0.717, 1.165) is 6.42 Å². The maximum atomic E-state index is 10.4. The molecule has 0 aromatic heterocycles. The highest BCUT2D eigenvalue weighted by Gasteiger charge is 2.28. The van der Waals surface area contributed by atoms with Crippen molar-refractivity contribution in [3.05, 3.63) is 0 Å². The second-order valence-corrected chi connectivity index (χ2v) is 2.90. The van der Waals surface area contributed by atoms with Crippen molar-refractivity contribution in [2.45, 2.75) is 18.9 Å². The molecule has 12 heavy (non-hydrogen) atoms. The zero-order valence-corrected chi connectivity index (χ0v) is 7.21. The minimum atomic E-state index is -1.69. The van der Waals surface area contributed by atoms with E-state index in [2.05, 4.69) is 5.32 Å². The van der Waals surface area contributed by atoms with E-state index in [0.29, 0.717) is 13.1 Å². The first-order chi connectivity index (χ1) is 5.50. The van der Waals surface area contributed by atoms with Gasteiger partial charge in [0.05, 0.1) is 0 Å². The van der Waals surface area contributed by atoms with Crippen molar-refractivity contribution in [3.63, 3.8) is 0 Å². The number of carboxylic acid groups (broad SMARTS) is 1. The lowest BCUT2D eigenvalue weighted by atomic mass is 10.1. The first kappa shape index (κ1) is 11.4. The summed E-state index contributed by atoms with van der Waals surface area (Å²) in [5, 5.41) is 20.5. The van der Waals surface area contributed by atoms with Crippen molar-refractivity contribution in [3.8, 4) is 0 Å². The fraction of sp³-hybridized carbons (Fsp3) is 0.857. The third kappa shape index (κ3) is 4.27. The van der Waals surface area contributed by atoms with Gasteiger partial charge in [-0.1, -0.05) is 0 Å². The molecule has 0 fully saturated rings. The lowest BCUT2D eigenvalue weighted by molar-refractivity contribution is -0.156. The summed E-state index contributed by atoms with van der Waals surface area (Å²) in [6.07, 6.45) is 0.774. The second kappa shape index (κ2) is 5.08. The maximum Gasteiger partial charge on any atom is 0.336 e. The molecule has 0 spiro atoms. The van der Waals surface area contributed by atoms with Gasteiger partial charge in [0.2, 0.25) is 0 Å². The Morgan fingerprint density at radius 3 is 2.67 bits per heavy atom. The Labute approximate surface area is 71.6 Å². The van der Waals surface area contributed by atoms with Gasteiger partial charge in [-0.05, 0) is 26.4 Å². The Bertz CT molecular complexity index is 148. The van der Waals surface area contributed by atoms with Crippen LogP contribution in [-0.4, -0.2) is 41.4 Å². The van der Waals surface area contributed by atoms with E-state index in [-0.39, 0.29) is 6.54 Å². The monoisotopic (exact) mass is 176 g/mol. The molecule has 72 valence electrons. The normalized spacial score (nSPS) is 15.6. The van der Waals surface area contributed by atoms with Gasteiger partial charge in [-0.2, -0.15) is 0 Å². The van der Waals surface area contributed by atoms with Gasteiger partial charge in [0.1, 0.15) is 0 Å². The van der Waals surface area contributed by atoms with Crippen LogP contribution in [0.2, 0.25) is 0 Å². The maximum absolute atomic E-state index is 10.4. The van der Waals surface area contributed by atoms with E-state index in [9.17, 15) is 9.90 Å². The Hall–Kier alpha value is -0.650. The predicted octanol–water partition coefficient (Wildman–Crippen LogP) is -1.24. The smallest absolute Gasteiger partial charge is 0.336 e. The molecule has 1 atom stereocenters. The number of hydrogen-bond donors (Lipinski definition) is 4. The van der Waals surface area contributed by atoms with Gasteiger partial charge in [0.25, 0.3) is 0 Å². The molecule has 0 amide bonds. The van der Waals surface area contributed by atoms with Crippen molar-refractivity contribution in [2.24, 2.45) is 5.73 Å². The minimum absolute atomic E-state index is 0.0440. The predicted molar refractivity (Wildman–Crippen MR) is 44.8 cm³/mol. The van der Waals surface area contributed by atoms with Crippen LogP contribution >= 0.6 is 0 Å². The number of hydrogen-bond acceptors (Lipinski definition) is 4. The summed E-state index contributed by atoms with van der Waals surface area (Å²) in [4.78, 5) is 10.4. The lowest BCUT2D eigenvalue weighted by Crippen LogP contribution is -2.45. The molecule has 1 unspecified atom stereocenters. The van der Waals surface area contributed by atoms with Crippen molar-refractivity contribution in [1.29, 1.82) is 0 Å². The summed E-state index contributed by atoms with van der Waals surface area (Å²) in [6, 6.07) is 0. The van der Waals surface area contributed by atoms with Crippen molar-refractivity contribution >= 4 is 5.97 Å². The summed E-state index contributed by atoms with van der Waals surface area (Å²) in [7, 11) is 0. The zero-order chi connectivity index (χ0) is 9.61. The van der Waals surface area contributed by atoms with Crippen molar-refractivity contribution in [2.75, 3.05) is 19.6 Å². The highest BCUT2D eigenvalue weighted by atomic mass is 16.4. The second-order valence-electron chi connectivity index (χ2n) is 2.90. The molecule has 0 bridgehead atoms. The quantitative estimate of drug-likeness (QED) is 0.380. The van der Waals surface area contributed by atoms with Crippen molar-refractivity contribution in [1.82, 2.24) is 5.32 Å². The Balaban J connectivity index is 3.54. The van der Waals surface area contributed by atoms with Gasteiger partial charge in [0.15, 0.2) is 5.60 Å². The third-order valence-corrected chi connectivity index (χ3v) is 1.49. The molecule has 5 heteroatoms. The molecule has 0 heterocycles. The molecule has 5 nitrogen and oxygen atoms in total. The van der Waals surface area contributed by atoms with Crippen LogP contribution in [0.5, 0.6) is 0 Å². The van der Waals surface area contributed by atoms with Gasteiger partial charge >= 0.3 is 5.97 Å². The highest BCUT2D eigenvalue weighted by molar-refractivity contribution is 5.76. The molecule has 0 saturated carbocycles. The summed E-state index contributed by atoms with van der Waals surface area (Å²) in [5.74, 6) is -1.22. The first-order valence-electron chi connectivity index (χ1n) is 3.87. The van der Waals surface area contributed by atoms with Crippen LogP contribution in [-0.2, 0) is 4.79 Å². The summed E-state index contributed by atoms with van der Waals surface area (Å²) < 4.78 is 0. The standard InChI is InChI=1S/C7H16N2O3/c1-7(12,6(10)11)5-9-4-2-3-8/h9,12H,2-5,8H2,1H3,(H,10,11). The average molecular weight is 176 g/mol. The molecule has 0 saturated heterocycles. The molecule has 0 aromatic carbocycles. The fourth-order valence-corrected chi connectivity index (χ4v) is 0.634. The third-order valence-electron chi connectivity index (χ3n) is 1.49. The number of nitrogens with one attached hydrogen (secondary N) is 1. The van der Waals surface area contributed by atoms with Crippen LogP contribution in [0.3, 0.4) is 0 Å². The SMILES string of the molecule is CC(O)(CNCCCN)C(=O)O. The largest absolute Gasteiger partial charge is 0.479 e. The number of carbonyl (C=O) groups is 1. The van der Waals surface area contributed by atoms with Crippen molar-refractivity contribution < 1.29 is 15.0 Å². The molecule has 5 N–H and O–H groups in total. The molecule has 0 aliphatic carbocycles. The molecule has 0 aromatic rings. The van der Waals surface area contributed by atoms with E-state index >= 15 is 0 Å². The van der Waals surface area contributed by atoms with E-state index in [1.165, 1.54) is 6.92 Å². The summed E-state index contributed by atoms with van der Waals surface area (Å²) in [5.41, 5.74) is 3.53. The van der Waals surface area contributed by atoms with E-state index in [1.54, 1.807) is 0 Å². The van der Waals surface area contributed by atoms with E-state index < -0.39 is 11.6 Å². The zero-order valence-electron chi connectivity index (χ0n) is 7.21. The van der Waals surface area contributed by atoms with E-state index in [4.69, 9.17) is 10.8 Å². The Morgan fingerprint density at radius 1 is 1.67 bits per heavy atom. The van der Waals surface area contributed by atoms with Crippen LogP contribution in [0.15, 0.2) is 0 Å². The van der Waals surface area contributed by atoms with Gasteiger partial charge in [0, 0.05) is 6.54 Å². The van der Waals surface area contributed by atoms with Crippen LogP contribution in [0.4, 0.5) is 0 Å². The number of aliphatic hydroxyl groups is 1. The minimum Gasteiger partial charge on any atom is -0.479 e. The Morgan fingerprint density at radius 2 is 2.25 bits per heavy atom. The molecular formula is C7H16N2O3. The van der Waals surface area contributed by atoms with Gasteiger partial charge < -0.3 is 21.3 Å². The first-order valence-corrected chi connectivity index (χ1v) is 3.87. The molecule has 0 radical (unpaired) electrons. The van der Waals surface area contributed by atoms with Crippen LogP contribution < -0.4 is 11.1 Å². The Kier molecular flexibility index (Phi) is 4.80. The lowest BCUT2D eigenvalue weighted by Gasteiger charge is -2.17. The summed E-state index contributed by atoms with van der Waals surface area (Å²) in [6.45, 7) is 2.48. The molecule has 0 aliphatic rings. The number of aliphatic carboxylic acids is 1. The number of rotatable bonds is 6. The fourth-order valence-electron chi connectivity index (χ4n) is 0.634. The number of nitrogens with two attached hydrogens (primary N) is 1. The van der Waals surface area contributed by atoms with Crippen LogP contribution in [0.25, 0.3) is 0 Å². The van der Waals surface area contributed by atoms with Gasteiger partial charge in [-0.25, -0.2) is 4.79 Å².